The highest BCUT2D eigenvalue weighted by molar-refractivity contribution is 7.81. The van der Waals surface area contributed by atoms with Crippen molar-refractivity contribution in [2.24, 2.45) is 0 Å². The van der Waals surface area contributed by atoms with E-state index in [0.717, 1.165) is 32.4 Å². The normalized spacial score (nSPS) is 27.5. The van der Waals surface area contributed by atoms with Gasteiger partial charge < -0.3 is 24.6 Å². The smallest absolute Gasteiger partial charge is 0.376 e. The van der Waals surface area contributed by atoms with Crippen molar-refractivity contribution in [3.63, 3.8) is 0 Å². The van der Waals surface area contributed by atoms with Crippen LogP contribution in [-0.2, 0) is 58.1 Å². The Morgan fingerprint density at radius 2 is 1.13 bits per heavy atom. The number of ether oxygens (including phenoxy) is 2. The zero-order valence-electron chi connectivity index (χ0n) is 28.9. The van der Waals surface area contributed by atoms with E-state index in [1.54, 1.807) is 0 Å². The van der Waals surface area contributed by atoms with Crippen LogP contribution in [0.1, 0.15) is 64.2 Å². The number of nitrogens with zero attached hydrogens (tertiary/aromatic N) is 4. The Hall–Kier alpha value is -2.98. The molecule has 6 rings (SSSR count). The molecule has 0 aromatic heterocycles. The molecule has 53 heavy (non-hydrogen) atoms. The summed E-state index contributed by atoms with van der Waals surface area (Å²) in [6, 6.07) is -4.23. The van der Waals surface area contributed by atoms with E-state index in [0.29, 0.717) is 49.0 Å². The van der Waals surface area contributed by atoms with E-state index in [1.807, 2.05) is 0 Å². The zero-order valence-corrected chi connectivity index (χ0v) is 30.5. The molecule has 5 atom stereocenters. The number of urea groups is 2. The summed E-state index contributed by atoms with van der Waals surface area (Å²) in [5.41, 5.74) is 4.61. The van der Waals surface area contributed by atoms with Crippen LogP contribution in [0, 0.1) is 0 Å². The maximum atomic E-state index is 12.3. The Morgan fingerprint density at radius 3 is 1.57 bits per heavy atom. The summed E-state index contributed by atoms with van der Waals surface area (Å²) in [5.74, 6) is -0.999. The number of hydroxylamine groups is 6. The van der Waals surface area contributed by atoms with Crippen molar-refractivity contribution in [1.82, 2.24) is 36.2 Å². The molecule has 1 aliphatic carbocycles. The lowest BCUT2D eigenvalue weighted by Crippen LogP contribution is -2.49. The Kier molecular flexibility index (Phi) is 14.4. The molecule has 6 amide bonds. The molecular weight excluding hydrogens is 754 g/mol. The van der Waals surface area contributed by atoms with Crippen LogP contribution in [0.3, 0.4) is 0 Å². The van der Waals surface area contributed by atoms with Crippen molar-refractivity contribution in [2.75, 3.05) is 52.6 Å². The number of nitrogens with one attached hydrogen (secondary N) is 3. The Labute approximate surface area is 306 Å². The maximum Gasteiger partial charge on any atom is 0.418 e. The second kappa shape index (κ2) is 18.6. The molecule has 25 heteroatoms. The molecule has 5 heterocycles. The van der Waals surface area contributed by atoms with E-state index in [-0.39, 0.29) is 38.5 Å². The van der Waals surface area contributed by atoms with Gasteiger partial charge in [0.15, 0.2) is 0 Å². The molecule has 0 spiro atoms. The molecule has 5 saturated heterocycles. The van der Waals surface area contributed by atoms with Gasteiger partial charge in [-0.05, 0) is 51.5 Å². The SMILES string of the molecule is O=C(NOCCOC1CCCCC1)[C@@H]1CC[C@@H]2CN1C(=O)N2OS(=O)(=O)O.O=C(NOCCOC1CCNC1)[C@@H]1CC[C@@H]2CN1C(=O)N2OS(=O)(=O)O. The molecule has 1 unspecified atom stereocenters. The maximum absolute atomic E-state index is 12.3. The predicted molar refractivity (Wildman–Crippen MR) is 175 cm³/mol. The minimum atomic E-state index is -4.81. The number of rotatable bonds is 16. The molecular formula is C28H47N7O16S2. The lowest BCUT2D eigenvalue weighted by Gasteiger charge is -2.29. The summed E-state index contributed by atoms with van der Waals surface area (Å²) in [7, 11) is -9.62. The van der Waals surface area contributed by atoms with Gasteiger partial charge in [0.25, 0.3) is 11.8 Å². The fourth-order valence-electron chi connectivity index (χ4n) is 7.10. The molecule has 1 saturated carbocycles. The minimum Gasteiger partial charge on any atom is -0.376 e. The van der Waals surface area contributed by atoms with Gasteiger partial charge in [0.2, 0.25) is 0 Å². The fourth-order valence-corrected chi connectivity index (χ4v) is 7.88. The van der Waals surface area contributed by atoms with E-state index >= 15 is 0 Å². The van der Waals surface area contributed by atoms with Crippen LogP contribution in [0.5, 0.6) is 0 Å². The first-order valence-corrected chi connectivity index (χ1v) is 20.2. The third-order valence-electron chi connectivity index (χ3n) is 9.59. The Morgan fingerprint density at radius 1 is 0.660 bits per heavy atom. The lowest BCUT2D eigenvalue weighted by molar-refractivity contribution is -0.141. The van der Waals surface area contributed by atoms with Crippen LogP contribution >= 0.6 is 0 Å². The number of amides is 6. The average Bonchev–Trinajstić information content (AvgIpc) is 3.78. The first-order valence-electron chi connectivity index (χ1n) is 17.5. The molecule has 302 valence electrons. The van der Waals surface area contributed by atoms with Gasteiger partial charge in [-0.15, -0.1) is 8.57 Å². The molecule has 5 aliphatic heterocycles. The van der Waals surface area contributed by atoms with Crippen molar-refractivity contribution in [2.45, 2.75) is 101 Å². The molecule has 0 aromatic rings. The van der Waals surface area contributed by atoms with E-state index < -0.39 is 68.8 Å². The number of hydrogen-bond donors (Lipinski definition) is 5. The van der Waals surface area contributed by atoms with Gasteiger partial charge in [-0.25, -0.2) is 20.5 Å². The Balaban J connectivity index is 0.000000204. The quantitative estimate of drug-likeness (QED) is 0.0696. The van der Waals surface area contributed by atoms with Crippen molar-refractivity contribution >= 4 is 44.7 Å². The first kappa shape index (κ1) is 41.2. The summed E-state index contributed by atoms with van der Waals surface area (Å²) < 4.78 is 80.8. The van der Waals surface area contributed by atoms with Crippen LogP contribution < -0.4 is 16.3 Å². The monoisotopic (exact) mass is 801 g/mol. The lowest BCUT2D eigenvalue weighted by atomic mass is 9.98. The van der Waals surface area contributed by atoms with E-state index in [2.05, 4.69) is 24.8 Å². The number of piperidine rings is 2. The molecule has 23 nitrogen and oxygen atoms in total. The van der Waals surface area contributed by atoms with Crippen molar-refractivity contribution < 1.29 is 72.8 Å². The van der Waals surface area contributed by atoms with Crippen molar-refractivity contribution in [3.05, 3.63) is 0 Å². The van der Waals surface area contributed by atoms with Gasteiger partial charge in [0.1, 0.15) is 12.1 Å². The van der Waals surface area contributed by atoms with Crippen LogP contribution in [0.4, 0.5) is 9.59 Å². The predicted octanol–water partition coefficient (Wildman–Crippen LogP) is -1.20. The average molecular weight is 802 g/mol. The van der Waals surface area contributed by atoms with E-state index in [9.17, 15) is 36.0 Å². The minimum absolute atomic E-state index is 0.129. The largest absolute Gasteiger partial charge is 0.418 e. The highest BCUT2D eigenvalue weighted by atomic mass is 32.3. The van der Waals surface area contributed by atoms with Gasteiger partial charge in [-0.2, -0.15) is 27.0 Å². The van der Waals surface area contributed by atoms with Crippen LogP contribution in [0.2, 0.25) is 0 Å². The van der Waals surface area contributed by atoms with E-state index in [4.69, 9.17) is 28.3 Å². The third kappa shape index (κ3) is 11.8. The summed E-state index contributed by atoms with van der Waals surface area (Å²) in [6.45, 7) is 3.06. The summed E-state index contributed by atoms with van der Waals surface area (Å²) in [6.07, 6.45) is 8.41. The third-order valence-corrected chi connectivity index (χ3v) is 10.3. The fraction of sp³-hybridized carbons (Fsp3) is 0.857. The van der Waals surface area contributed by atoms with Crippen LogP contribution in [0.25, 0.3) is 0 Å². The molecule has 0 radical (unpaired) electrons. The number of carbonyl (C=O) groups excluding carboxylic acids is 4. The zero-order chi connectivity index (χ0) is 38.2. The first-order chi connectivity index (χ1) is 25.2. The molecule has 4 bridgehead atoms. The number of carbonyl (C=O) groups is 4. The Bertz CT molecular complexity index is 1510. The van der Waals surface area contributed by atoms with Gasteiger partial charge in [-0.1, -0.05) is 19.3 Å². The van der Waals surface area contributed by atoms with Crippen LogP contribution in [0.15, 0.2) is 0 Å². The van der Waals surface area contributed by atoms with Gasteiger partial charge >= 0.3 is 32.9 Å². The van der Waals surface area contributed by atoms with Crippen molar-refractivity contribution in [3.8, 4) is 0 Å². The number of fused-ring (bicyclic) bond motifs is 4. The second-order valence-corrected chi connectivity index (χ2v) is 15.3. The van der Waals surface area contributed by atoms with Gasteiger partial charge in [0, 0.05) is 19.6 Å². The second-order valence-electron chi connectivity index (χ2n) is 13.3. The summed E-state index contributed by atoms with van der Waals surface area (Å²) in [5, 5.41) is 4.36. The topological polar surface area (TPSA) is 281 Å². The highest BCUT2D eigenvalue weighted by Crippen LogP contribution is 2.32. The van der Waals surface area contributed by atoms with Gasteiger partial charge in [-0.3, -0.25) is 28.4 Å². The molecule has 5 N–H and O–H groups in total. The molecule has 6 aliphatic rings. The highest BCUT2D eigenvalue weighted by Gasteiger charge is 2.50. The van der Waals surface area contributed by atoms with Crippen molar-refractivity contribution in [1.29, 1.82) is 0 Å². The van der Waals surface area contributed by atoms with Crippen LogP contribution in [-0.4, -0.2) is 159 Å². The number of hydrogen-bond acceptors (Lipinski definition) is 15. The molecule has 6 fully saturated rings. The van der Waals surface area contributed by atoms with E-state index in [1.165, 1.54) is 29.1 Å². The molecule has 0 aromatic carbocycles. The van der Waals surface area contributed by atoms with Gasteiger partial charge in [0.05, 0.1) is 50.7 Å². The summed E-state index contributed by atoms with van der Waals surface area (Å²) >= 11 is 0. The standard InChI is InChI=1S/C15H25N3O8S.C13H22N4O8S/c19-14(16-25-9-8-24-12-4-2-1-3-5-12)13-7-6-11-10-17(13)15(20)18(11)26-27(21,22)23;18-12(15-24-6-5-23-10-3-4-14-7-10)11-2-1-9-8-16(11)13(19)17(9)25-26(20,21)22/h11-13H,1-10H2,(H,16,19)(H,21,22,23);9-11,14H,1-8H2,(H,15,18)(H,20,21,22)/t11-,13+;9-,10?,11+/m11/s1. The summed E-state index contributed by atoms with van der Waals surface area (Å²) in [4.78, 5) is 61.6.